The fraction of sp³-hybridized carbons (Fsp3) is 0.250. The van der Waals surface area contributed by atoms with E-state index in [2.05, 4.69) is 39.4 Å². The van der Waals surface area contributed by atoms with E-state index < -0.39 is 5.82 Å². The second kappa shape index (κ2) is 5.44. The van der Waals surface area contributed by atoms with Crippen molar-refractivity contribution >= 4 is 21.6 Å². The van der Waals surface area contributed by atoms with E-state index in [-0.39, 0.29) is 5.75 Å². The monoisotopic (exact) mass is 335 g/mol. The van der Waals surface area contributed by atoms with E-state index in [1.54, 1.807) is 6.07 Å². The van der Waals surface area contributed by atoms with Gasteiger partial charge in [0.1, 0.15) is 0 Å². The third-order valence-electron chi connectivity index (χ3n) is 3.78. The van der Waals surface area contributed by atoms with E-state index in [1.807, 2.05) is 6.07 Å². The van der Waals surface area contributed by atoms with Gasteiger partial charge in [0.2, 0.25) is 0 Å². The van der Waals surface area contributed by atoms with Gasteiger partial charge in [-0.05, 0) is 48.6 Å². The Bertz CT molecular complexity index is 626. The highest BCUT2D eigenvalue weighted by Gasteiger charge is 2.30. The van der Waals surface area contributed by atoms with Crippen LogP contribution < -0.4 is 5.32 Å². The van der Waals surface area contributed by atoms with Crippen LogP contribution in [0.2, 0.25) is 0 Å². The van der Waals surface area contributed by atoms with Crippen LogP contribution in [0.5, 0.6) is 5.75 Å². The maximum Gasteiger partial charge on any atom is 0.166 e. The zero-order valence-corrected chi connectivity index (χ0v) is 12.4. The molecule has 20 heavy (non-hydrogen) atoms. The number of anilines is 1. The van der Waals surface area contributed by atoms with Crippen LogP contribution in [0.25, 0.3) is 0 Å². The van der Waals surface area contributed by atoms with Crippen molar-refractivity contribution in [3.63, 3.8) is 0 Å². The van der Waals surface area contributed by atoms with Crippen LogP contribution in [0.1, 0.15) is 24.3 Å². The summed E-state index contributed by atoms with van der Waals surface area (Å²) in [6.07, 6.45) is 2.08. The zero-order valence-electron chi connectivity index (χ0n) is 10.8. The molecule has 0 spiro atoms. The average Bonchev–Trinajstić information content (AvgIpc) is 2.37. The lowest BCUT2D eigenvalue weighted by Gasteiger charge is -2.37. The third kappa shape index (κ3) is 2.80. The molecular weight excluding hydrogens is 321 g/mol. The van der Waals surface area contributed by atoms with Crippen molar-refractivity contribution < 1.29 is 9.50 Å². The summed E-state index contributed by atoms with van der Waals surface area (Å²) in [5, 5.41) is 12.5. The molecule has 2 N–H and O–H groups in total. The van der Waals surface area contributed by atoms with Gasteiger partial charge in [-0.1, -0.05) is 28.1 Å². The fourth-order valence-electron chi connectivity index (χ4n) is 2.60. The largest absolute Gasteiger partial charge is 0.505 e. The van der Waals surface area contributed by atoms with Gasteiger partial charge in [0.15, 0.2) is 11.6 Å². The molecule has 0 aliphatic heterocycles. The summed E-state index contributed by atoms with van der Waals surface area (Å²) in [6.45, 7) is 0. The minimum Gasteiger partial charge on any atom is -0.505 e. The number of benzene rings is 2. The molecule has 2 nitrogen and oxygen atoms in total. The van der Waals surface area contributed by atoms with E-state index in [9.17, 15) is 4.39 Å². The summed E-state index contributed by atoms with van der Waals surface area (Å²) >= 11 is 3.49. The molecule has 4 heteroatoms. The van der Waals surface area contributed by atoms with Gasteiger partial charge >= 0.3 is 0 Å². The van der Waals surface area contributed by atoms with E-state index in [0.717, 1.165) is 23.0 Å². The Kier molecular flexibility index (Phi) is 3.66. The number of nitrogens with one attached hydrogen (secondary N) is 1. The first-order chi connectivity index (χ1) is 9.61. The number of rotatable bonds is 3. The van der Waals surface area contributed by atoms with Gasteiger partial charge in [0.05, 0.1) is 0 Å². The van der Waals surface area contributed by atoms with Crippen molar-refractivity contribution in [3.8, 4) is 5.75 Å². The number of hydrogen-bond donors (Lipinski definition) is 2. The summed E-state index contributed by atoms with van der Waals surface area (Å²) < 4.78 is 14.3. The van der Waals surface area contributed by atoms with Gasteiger partial charge in [-0.15, -0.1) is 0 Å². The molecule has 0 aromatic heterocycles. The summed E-state index contributed by atoms with van der Waals surface area (Å²) in [5.74, 6) is -0.332. The van der Waals surface area contributed by atoms with Crippen LogP contribution in [0.3, 0.4) is 0 Å². The van der Waals surface area contributed by atoms with Gasteiger partial charge in [-0.3, -0.25) is 0 Å². The molecule has 0 radical (unpaired) electrons. The van der Waals surface area contributed by atoms with Crippen LogP contribution in [-0.2, 0) is 0 Å². The Balaban J connectivity index is 1.59. The second-order valence-electron chi connectivity index (χ2n) is 5.23. The van der Waals surface area contributed by atoms with Crippen molar-refractivity contribution in [2.24, 2.45) is 0 Å². The van der Waals surface area contributed by atoms with E-state index in [4.69, 9.17) is 5.11 Å². The SMILES string of the molecule is Oc1ccc(NC2CC(c3cccc(Br)c3)C2)cc1F. The number of halogens is 2. The zero-order chi connectivity index (χ0) is 14.1. The summed E-state index contributed by atoms with van der Waals surface area (Å²) in [4.78, 5) is 0. The lowest BCUT2D eigenvalue weighted by atomic mass is 9.76. The standard InChI is InChI=1S/C16H15BrFNO/c17-12-3-1-2-10(6-12)11-7-14(8-11)19-13-4-5-16(20)15(18)9-13/h1-6,9,11,14,19-20H,7-8H2. The molecule has 2 aromatic rings. The minimum atomic E-state index is -0.585. The number of phenols is 1. The van der Waals surface area contributed by atoms with Crippen molar-refractivity contribution in [1.29, 1.82) is 0 Å². The number of phenolic OH excluding ortho intramolecular Hbond substituents is 1. The summed E-state index contributed by atoms with van der Waals surface area (Å²) in [5.41, 5.74) is 2.06. The normalized spacial score (nSPS) is 21.3. The lowest BCUT2D eigenvalue weighted by molar-refractivity contribution is 0.373. The number of hydrogen-bond acceptors (Lipinski definition) is 2. The van der Waals surface area contributed by atoms with Crippen LogP contribution in [0.15, 0.2) is 46.9 Å². The molecule has 0 unspecified atom stereocenters. The first-order valence-corrected chi connectivity index (χ1v) is 7.41. The Hall–Kier alpha value is -1.55. The maximum absolute atomic E-state index is 13.2. The Morgan fingerprint density at radius 3 is 2.65 bits per heavy atom. The molecular formula is C16H15BrFNO. The lowest BCUT2D eigenvalue weighted by Crippen LogP contribution is -2.34. The van der Waals surface area contributed by atoms with Crippen LogP contribution in [0.4, 0.5) is 10.1 Å². The van der Waals surface area contributed by atoms with Crippen LogP contribution >= 0.6 is 15.9 Å². The predicted molar refractivity (Wildman–Crippen MR) is 81.6 cm³/mol. The molecule has 0 atom stereocenters. The smallest absolute Gasteiger partial charge is 0.166 e. The van der Waals surface area contributed by atoms with Crippen molar-refractivity contribution in [2.45, 2.75) is 24.8 Å². The molecule has 2 aromatic carbocycles. The molecule has 0 heterocycles. The Morgan fingerprint density at radius 2 is 1.95 bits per heavy atom. The highest BCUT2D eigenvalue weighted by Crippen LogP contribution is 2.39. The first kappa shape index (κ1) is 13.4. The molecule has 0 saturated heterocycles. The minimum absolute atomic E-state index is 0.309. The molecule has 1 saturated carbocycles. The van der Waals surface area contributed by atoms with Crippen molar-refractivity contribution in [1.82, 2.24) is 0 Å². The van der Waals surface area contributed by atoms with Crippen LogP contribution in [0, 0.1) is 5.82 Å². The topological polar surface area (TPSA) is 32.3 Å². The quantitative estimate of drug-likeness (QED) is 0.800. The highest BCUT2D eigenvalue weighted by atomic mass is 79.9. The van der Waals surface area contributed by atoms with Gasteiger partial charge in [-0.25, -0.2) is 4.39 Å². The molecule has 0 bridgehead atoms. The van der Waals surface area contributed by atoms with E-state index >= 15 is 0 Å². The van der Waals surface area contributed by atoms with E-state index in [0.29, 0.717) is 12.0 Å². The van der Waals surface area contributed by atoms with E-state index in [1.165, 1.54) is 17.7 Å². The van der Waals surface area contributed by atoms with Crippen LogP contribution in [-0.4, -0.2) is 11.1 Å². The van der Waals surface area contributed by atoms with Gasteiger partial charge in [0, 0.05) is 22.3 Å². The molecule has 3 rings (SSSR count). The third-order valence-corrected chi connectivity index (χ3v) is 4.27. The summed E-state index contributed by atoms with van der Waals surface area (Å²) in [6, 6.07) is 13.1. The molecule has 1 aliphatic rings. The van der Waals surface area contributed by atoms with Gasteiger partial charge < -0.3 is 10.4 Å². The number of aromatic hydroxyl groups is 1. The second-order valence-corrected chi connectivity index (χ2v) is 6.15. The molecule has 1 aliphatic carbocycles. The molecule has 1 fully saturated rings. The van der Waals surface area contributed by atoms with Crippen molar-refractivity contribution in [2.75, 3.05) is 5.32 Å². The average molecular weight is 336 g/mol. The summed E-state index contributed by atoms with van der Waals surface area (Å²) in [7, 11) is 0. The van der Waals surface area contributed by atoms with Gasteiger partial charge in [-0.2, -0.15) is 0 Å². The molecule has 104 valence electrons. The maximum atomic E-state index is 13.2. The van der Waals surface area contributed by atoms with Gasteiger partial charge in [0.25, 0.3) is 0 Å². The Morgan fingerprint density at radius 1 is 1.15 bits per heavy atom. The predicted octanol–water partition coefficient (Wildman–Crippen LogP) is 4.65. The Labute approximate surface area is 125 Å². The highest BCUT2D eigenvalue weighted by molar-refractivity contribution is 9.10. The molecule has 0 amide bonds. The van der Waals surface area contributed by atoms with Crippen molar-refractivity contribution in [3.05, 3.63) is 58.3 Å². The fourth-order valence-corrected chi connectivity index (χ4v) is 3.02. The first-order valence-electron chi connectivity index (χ1n) is 6.62.